The van der Waals surface area contributed by atoms with Gasteiger partial charge in [-0.05, 0) is 42.4 Å². The second-order valence-electron chi connectivity index (χ2n) is 6.92. The minimum atomic E-state index is -0.471. The number of fused-ring (bicyclic) bond motifs is 1. The molecule has 2 aliphatic rings. The number of halogens is 1. The molecule has 0 aliphatic carbocycles. The van der Waals surface area contributed by atoms with Gasteiger partial charge >= 0.3 is 0 Å². The van der Waals surface area contributed by atoms with Crippen LogP contribution in [0, 0.1) is 11.8 Å². The van der Waals surface area contributed by atoms with Crippen molar-refractivity contribution in [3.8, 4) is 5.75 Å². The molecule has 8 heteroatoms. The number of likely N-dealkylation sites (tertiary alicyclic amines) is 1. The average Bonchev–Trinajstić information content (AvgIpc) is 3.26. The molecule has 150 valence electrons. The van der Waals surface area contributed by atoms with Crippen molar-refractivity contribution >= 4 is 36.0 Å². The Morgan fingerprint density at radius 3 is 2.56 bits per heavy atom. The molecule has 2 amide bonds. The minimum Gasteiger partial charge on any atom is -0.484 e. The molecule has 0 saturated carbocycles. The van der Waals surface area contributed by atoms with Gasteiger partial charge in [-0.2, -0.15) is 11.8 Å². The predicted molar refractivity (Wildman–Crippen MR) is 111 cm³/mol. The molecule has 1 unspecified atom stereocenters. The lowest BCUT2D eigenvalue weighted by Crippen LogP contribution is -2.49. The lowest BCUT2D eigenvalue weighted by atomic mass is 10.0. The molecular formula is C19H28ClN3O3S. The van der Waals surface area contributed by atoms with Gasteiger partial charge in [-0.3, -0.25) is 9.59 Å². The molecule has 2 aliphatic heterocycles. The Labute approximate surface area is 171 Å². The van der Waals surface area contributed by atoms with Crippen LogP contribution in [-0.2, 0) is 9.59 Å². The molecule has 2 fully saturated rings. The maximum atomic E-state index is 12.9. The van der Waals surface area contributed by atoms with Crippen molar-refractivity contribution in [2.75, 3.05) is 44.8 Å². The average molecular weight is 414 g/mol. The van der Waals surface area contributed by atoms with Crippen molar-refractivity contribution in [1.82, 2.24) is 15.5 Å². The van der Waals surface area contributed by atoms with Crippen molar-refractivity contribution in [3.05, 3.63) is 30.3 Å². The van der Waals surface area contributed by atoms with Gasteiger partial charge in [0.25, 0.3) is 5.91 Å². The van der Waals surface area contributed by atoms with Crippen LogP contribution in [0.5, 0.6) is 5.75 Å². The maximum absolute atomic E-state index is 12.9. The smallest absolute Gasteiger partial charge is 0.258 e. The van der Waals surface area contributed by atoms with Crippen LogP contribution in [0.25, 0.3) is 0 Å². The van der Waals surface area contributed by atoms with Crippen LogP contribution in [0.1, 0.15) is 6.42 Å². The molecule has 1 aromatic rings. The number of carbonyl (C=O) groups is 2. The molecule has 2 heterocycles. The Balaban J connectivity index is 0.00000261. The summed E-state index contributed by atoms with van der Waals surface area (Å²) in [6.45, 7) is 3.48. The summed E-state index contributed by atoms with van der Waals surface area (Å²) in [5.74, 6) is 2.37. The third-order valence-corrected chi connectivity index (χ3v) is 5.70. The number of rotatable bonds is 8. The highest BCUT2D eigenvalue weighted by Crippen LogP contribution is 2.27. The fourth-order valence-electron chi connectivity index (χ4n) is 3.65. The molecular weight excluding hydrogens is 386 g/mol. The first-order chi connectivity index (χ1) is 12.7. The first kappa shape index (κ1) is 21.9. The summed E-state index contributed by atoms with van der Waals surface area (Å²) in [7, 11) is 0. The standard InChI is InChI=1S/C19H27N3O3S.ClH/c1-26-8-7-17(19(24)22-11-14-9-20-10-15(14)12-22)21-18(23)13-25-16-5-3-2-4-6-16;/h2-6,14-15,17,20H,7-13H2,1H3,(H,21,23);1H/t14-,15+,17?;. The van der Waals surface area contributed by atoms with Crippen molar-refractivity contribution < 1.29 is 14.3 Å². The summed E-state index contributed by atoms with van der Waals surface area (Å²) in [6, 6.07) is 8.75. The fourth-order valence-corrected chi connectivity index (χ4v) is 4.12. The Morgan fingerprint density at radius 1 is 1.26 bits per heavy atom. The van der Waals surface area contributed by atoms with E-state index in [0.717, 1.165) is 31.9 Å². The third-order valence-electron chi connectivity index (χ3n) is 5.06. The van der Waals surface area contributed by atoms with Crippen LogP contribution in [0.4, 0.5) is 0 Å². The van der Waals surface area contributed by atoms with Gasteiger partial charge in [0.1, 0.15) is 11.8 Å². The lowest BCUT2D eigenvalue weighted by Gasteiger charge is -2.25. The lowest BCUT2D eigenvalue weighted by molar-refractivity contribution is -0.136. The summed E-state index contributed by atoms with van der Waals surface area (Å²) in [5, 5.41) is 6.26. The van der Waals surface area contributed by atoms with Crippen LogP contribution < -0.4 is 15.4 Å². The highest BCUT2D eigenvalue weighted by Gasteiger charge is 2.39. The number of ether oxygens (including phenoxy) is 1. The van der Waals surface area contributed by atoms with Crippen molar-refractivity contribution in [2.24, 2.45) is 11.8 Å². The number of para-hydroxylation sites is 1. The van der Waals surface area contributed by atoms with E-state index < -0.39 is 6.04 Å². The fraction of sp³-hybridized carbons (Fsp3) is 0.579. The van der Waals surface area contributed by atoms with Crippen LogP contribution >= 0.6 is 24.2 Å². The van der Waals surface area contributed by atoms with Gasteiger partial charge in [-0.25, -0.2) is 0 Å². The number of nitrogens with one attached hydrogen (secondary N) is 2. The van der Waals surface area contributed by atoms with Crippen molar-refractivity contribution in [3.63, 3.8) is 0 Å². The van der Waals surface area contributed by atoms with Gasteiger partial charge in [0.15, 0.2) is 6.61 Å². The van der Waals surface area contributed by atoms with Crippen LogP contribution in [0.3, 0.4) is 0 Å². The normalized spacial score (nSPS) is 21.9. The van der Waals surface area contributed by atoms with E-state index >= 15 is 0 Å². The number of benzene rings is 1. The monoisotopic (exact) mass is 413 g/mol. The van der Waals surface area contributed by atoms with E-state index in [9.17, 15) is 9.59 Å². The zero-order chi connectivity index (χ0) is 18.4. The predicted octanol–water partition coefficient (Wildman–Crippen LogP) is 1.40. The number of hydrogen-bond acceptors (Lipinski definition) is 5. The SMILES string of the molecule is CSCCC(NC(=O)COc1ccccc1)C(=O)N1C[C@H]2CNC[C@H]2C1.Cl. The van der Waals surface area contributed by atoms with Crippen LogP contribution in [0.2, 0.25) is 0 Å². The van der Waals surface area contributed by atoms with E-state index in [1.807, 2.05) is 29.4 Å². The highest BCUT2D eigenvalue weighted by molar-refractivity contribution is 7.98. The van der Waals surface area contributed by atoms with Gasteiger partial charge in [0.2, 0.25) is 5.91 Å². The number of amides is 2. The summed E-state index contributed by atoms with van der Waals surface area (Å²) < 4.78 is 5.49. The van der Waals surface area contributed by atoms with E-state index in [4.69, 9.17) is 4.74 Å². The van der Waals surface area contributed by atoms with Crippen molar-refractivity contribution in [2.45, 2.75) is 12.5 Å². The third kappa shape index (κ3) is 6.02. The molecule has 27 heavy (non-hydrogen) atoms. The van der Waals surface area contributed by atoms with E-state index in [1.165, 1.54) is 0 Å². The molecule has 2 N–H and O–H groups in total. The van der Waals surface area contributed by atoms with Gasteiger partial charge < -0.3 is 20.3 Å². The van der Waals surface area contributed by atoms with Crippen LogP contribution in [0.15, 0.2) is 30.3 Å². The largest absolute Gasteiger partial charge is 0.484 e. The van der Waals surface area contributed by atoms with Gasteiger partial charge in [0.05, 0.1) is 0 Å². The quantitative estimate of drug-likeness (QED) is 0.674. The second-order valence-corrected chi connectivity index (χ2v) is 7.91. The highest BCUT2D eigenvalue weighted by atomic mass is 35.5. The molecule has 2 saturated heterocycles. The van der Waals surface area contributed by atoms with E-state index in [-0.39, 0.29) is 30.8 Å². The molecule has 3 atom stereocenters. The number of hydrogen-bond donors (Lipinski definition) is 2. The van der Waals surface area contributed by atoms with Gasteiger partial charge in [-0.1, -0.05) is 18.2 Å². The Hall–Kier alpha value is -1.44. The minimum absolute atomic E-state index is 0. The topological polar surface area (TPSA) is 70.7 Å². The Morgan fingerprint density at radius 2 is 1.93 bits per heavy atom. The molecule has 0 bridgehead atoms. The van der Waals surface area contributed by atoms with Gasteiger partial charge in [0, 0.05) is 26.2 Å². The first-order valence-corrected chi connectivity index (χ1v) is 10.5. The Bertz CT molecular complexity index is 607. The molecule has 1 aromatic carbocycles. The Kier molecular flexibility index (Phi) is 8.73. The molecule has 0 spiro atoms. The summed E-state index contributed by atoms with van der Waals surface area (Å²) in [6.07, 6.45) is 2.65. The number of thioether (sulfide) groups is 1. The first-order valence-electron chi connectivity index (χ1n) is 9.13. The summed E-state index contributed by atoms with van der Waals surface area (Å²) in [5.41, 5.74) is 0. The molecule has 0 radical (unpaired) electrons. The van der Waals surface area contributed by atoms with Gasteiger partial charge in [-0.15, -0.1) is 12.4 Å². The number of nitrogens with zero attached hydrogens (tertiary/aromatic N) is 1. The molecule has 0 aromatic heterocycles. The zero-order valence-corrected chi connectivity index (χ0v) is 17.2. The van der Waals surface area contributed by atoms with E-state index in [2.05, 4.69) is 10.6 Å². The molecule has 3 rings (SSSR count). The van der Waals surface area contributed by atoms with Crippen molar-refractivity contribution in [1.29, 1.82) is 0 Å². The second kappa shape index (κ2) is 10.8. The van der Waals surface area contributed by atoms with E-state index in [0.29, 0.717) is 24.0 Å². The summed E-state index contributed by atoms with van der Waals surface area (Å²) in [4.78, 5) is 27.1. The van der Waals surface area contributed by atoms with Crippen LogP contribution in [-0.4, -0.2) is 67.6 Å². The van der Waals surface area contributed by atoms with E-state index in [1.54, 1.807) is 23.9 Å². The zero-order valence-electron chi connectivity index (χ0n) is 15.6. The summed E-state index contributed by atoms with van der Waals surface area (Å²) >= 11 is 1.68. The maximum Gasteiger partial charge on any atom is 0.258 e. The number of carbonyl (C=O) groups excluding carboxylic acids is 2. The molecule has 6 nitrogen and oxygen atoms in total.